The van der Waals surface area contributed by atoms with Crippen molar-refractivity contribution in [1.29, 1.82) is 0 Å². The molecule has 2 rings (SSSR count). The monoisotopic (exact) mass is 274 g/mol. The van der Waals surface area contributed by atoms with Crippen LogP contribution in [0.25, 0.3) is 0 Å². The Kier molecular flexibility index (Phi) is 2.74. The van der Waals surface area contributed by atoms with E-state index in [-0.39, 0.29) is 5.91 Å². The Morgan fingerprint density at radius 2 is 2.36 bits per heavy atom. The number of pyridine rings is 1. The highest BCUT2D eigenvalue weighted by molar-refractivity contribution is 9.10. The van der Waals surface area contributed by atoms with Crippen LogP contribution in [0.1, 0.15) is 12.8 Å². The van der Waals surface area contributed by atoms with E-state index in [0.717, 1.165) is 10.9 Å². The minimum atomic E-state index is 0.0988. The van der Waals surface area contributed by atoms with Crippen LogP contribution in [-0.2, 0) is 4.79 Å². The Hall–Kier alpha value is -0.610. The van der Waals surface area contributed by atoms with Gasteiger partial charge in [-0.15, -0.1) is 0 Å². The van der Waals surface area contributed by atoms with E-state index in [0.29, 0.717) is 23.8 Å². The van der Waals surface area contributed by atoms with Crippen LogP contribution in [0.15, 0.2) is 16.7 Å². The van der Waals surface area contributed by atoms with Crippen LogP contribution in [0, 0.1) is 0 Å². The third-order valence-corrected chi connectivity index (χ3v) is 2.83. The minimum Gasteiger partial charge on any atom is -0.296 e. The summed E-state index contributed by atoms with van der Waals surface area (Å²) in [4.78, 5) is 17.2. The molecule has 1 fully saturated rings. The second kappa shape index (κ2) is 3.87. The molecule has 1 saturated heterocycles. The predicted octanol–water partition coefficient (Wildman–Crippen LogP) is 2.62. The van der Waals surface area contributed by atoms with Gasteiger partial charge in [0.05, 0.1) is 5.02 Å². The summed E-state index contributed by atoms with van der Waals surface area (Å²) >= 11 is 9.26. The molecule has 0 bridgehead atoms. The fraction of sp³-hybridized carbons (Fsp3) is 0.333. The van der Waals surface area contributed by atoms with Crippen molar-refractivity contribution in [3.05, 3.63) is 21.8 Å². The van der Waals surface area contributed by atoms with Gasteiger partial charge in [-0.25, -0.2) is 4.98 Å². The largest absolute Gasteiger partial charge is 0.296 e. The van der Waals surface area contributed by atoms with Crippen LogP contribution >= 0.6 is 27.5 Å². The maximum atomic E-state index is 11.4. The van der Waals surface area contributed by atoms with E-state index in [2.05, 4.69) is 20.9 Å². The number of carbonyl (C=O) groups is 1. The Bertz CT molecular complexity index is 383. The van der Waals surface area contributed by atoms with Crippen LogP contribution in [0.2, 0.25) is 5.02 Å². The lowest BCUT2D eigenvalue weighted by Gasteiger charge is -2.15. The third kappa shape index (κ3) is 1.77. The summed E-state index contributed by atoms with van der Waals surface area (Å²) in [6, 6.07) is 1.75. The molecular weight excluding hydrogens is 267 g/mol. The number of hydrogen-bond donors (Lipinski definition) is 0. The number of amides is 1. The SMILES string of the molecule is O=C1CCCN1c1ncc(Br)cc1Cl. The van der Waals surface area contributed by atoms with Gasteiger partial charge in [0.15, 0.2) is 5.82 Å². The molecule has 0 radical (unpaired) electrons. The molecule has 5 heteroatoms. The lowest BCUT2D eigenvalue weighted by molar-refractivity contribution is -0.117. The van der Waals surface area contributed by atoms with E-state index in [9.17, 15) is 4.79 Å². The van der Waals surface area contributed by atoms with Gasteiger partial charge in [-0.1, -0.05) is 11.6 Å². The number of nitrogens with zero attached hydrogens (tertiary/aromatic N) is 2. The third-order valence-electron chi connectivity index (χ3n) is 2.12. The number of hydrogen-bond acceptors (Lipinski definition) is 2. The summed E-state index contributed by atoms with van der Waals surface area (Å²) in [7, 11) is 0. The van der Waals surface area contributed by atoms with Gasteiger partial charge in [0.25, 0.3) is 0 Å². The highest BCUT2D eigenvalue weighted by Crippen LogP contribution is 2.28. The van der Waals surface area contributed by atoms with E-state index in [1.807, 2.05) is 0 Å². The zero-order valence-electron chi connectivity index (χ0n) is 7.33. The first-order valence-electron chi connectivity index (χ1n) is 4.30. The first-order chi connectivity index (χ1) is 6.68. The van der Waals surface area contributed by atoms with Crippen LogP contribution in [0.3, 0.4) is 0 Å². The summed E-state index contributed by atoms with van der Waals surface area (Å²) in [5.41, 5.74) is 0. The van der Waals surface area contributed by atoms with Crippen molar-refractivity contribution in [2.24, 2.45) is 0 Å². The van der Waals surface area contributed by atoms with Crippen LogP contribution in [0.4, 0.5) is 5.82 Å². The molecule has 0 saturated carbocycles. The molecule has 2 heterocycles. The number of anilines is 1. The maximum Gasteiger partial charge on any atom is 0.228 e. The topological polar surface area (TPSA) is 33.2 Å². The van der Waals surface area contributed by atoms with E-state index >= 15 is 0 Å². The summed E-state index contributed by atoms with van der Waals surface area (Å²) < 4.78 is 0.817. The van der Waals surface area contributed by atoms with Gasteiger partial charge in [0, 0.05) is 23.6 Å². The zero-order valence-corrected chi connectivity index (χ0v) is 9.68. The summed E-state index contributed by atoms with van der Waals surface area (Å²) in [5.74, 6) is 0.666. The first kappa shape index (κ1) is 9.93. The molecule has 0 aliphatic carbocycles. The lowest BCUT2D eigenvalue weighted by atomic mass is 10.4. The molecular formula is C9H8BrClN2O. The van der Waals surface area contributed by atoms with Gasteiger partial charge >= 0.3 is 0 Å². The Balaban J connectivity index is 2.36. The number of aromatic nitrogens is 1. The molecule has 14 heavy (non-hydrogen) atoms. The summed E-state index contributed by atoms with van der Waals surface area (Å²) in [6.45, 7) is 0.715. The first-order valence-corrected chi connectivity index (χ1v) is 5.47. The highest BCUT2D eigenvalue weighted by Gasteiger charge is 2.24. The highest BCUT2D eigenvalue weighted by atomic mass is 79.9. The van der Waals surface area contributed by atoms with Gasteiger partial charge < -0.3 is 0 Å². The quantitative estimate of drug-likeness (QED) is 0.789. The molecule has 1 aromatic heterocycles. The fourth-order valence-electron chi connectivity index (χ4n) is 1.48. The molecule has 1 amide bonds. The van der Waals surface area contributed by atoms with Crippen molar-refractivity contribution in [2.45, 2.75) is 12.8 Å². The molecule has 0 N–H and O–H groups in total. The Labute approximate surface area is 95.2 Å². The fourth-order valence-corrected chi connectivity index (χ4v) is 2.21. The normalized spacial score (nSPS) is 16.4. The molecule has 0 aromatic carbocycles. The molecule has 0 atom stereocenters. The van der Waals surface area contributed by atoms with Gasteiger partial charge in [-0.2, -0.15) is 0 Å². The molecule has 0 spiro atoms. The van der Waals surface area contributed by atoms with Gasteiger partial charge in [0.2, 0.25) is 5.91 Å². The smallest absolute Gasteiger partial charge is 0.228 e. The van der Waals surface area contributed by atoms with Crippen molar-refractivity contribution in [1.82, 2.24) is 4.98 Å². The van der Waals surface area contributed by atoms with Gasteiger partial charge in [0.1, 0.15) is 0 Å². The molecule has 1 aromatic rings. The van der Waals surface area contributed by atoms with Crippen LogP contribution in [0.5, 0.6) is 0 Å². The summed E-state index contributed by atoms with van der Waals surface area (Å²) in [5, 5.41) is 0.509. The van der Waals surface area contributed by atoms with Gasteiger partial charge in [-0.3, -0.25) is 9.69 Å². The van der Waals surface area contributed by atoms with Crippen LogP contribution in [-0.4, -0.2) is 17.4 Å². The molecule has 0 unspecified atom stereocenters. The maximum absolute atomic E-state index is 11.4. The number of halogens is 2. The van der Waals surface area contributed by atoms with Crippen molar-refractivity contribution in [3.63, 3.8) is 0 Å². The molecule has 1 aliphatic rings. The van der Waals surface area contributed by atoms with E-state index in [1.165, 1.54) is 0 Å². The van der Waals surface area contributed by atoms with Crippen molar-refractivity contribution in [2.75, 3.05) is 11.4 Å². The second-order valence-electron chi connectivity index (χ2n) is 3.11. The van der Waals surface area contributed by atoms with E-state index < -0.39 is 0 Å². The number of carbonyl (C=O) groups excluding carboxylic acids is 1. The van der Waals surface area contributed by atoms with Crippen molar-refractivity contribution in [3.8, 4) is 0 Å². The Morgan fingerprint density at radius 1 is 1.57 bits per heavy atom. The second-order valence-corrected chi connectivity index (χ2v) is 4.43. The van der Waals surface area contributed by atoms with Crippen molar-refractivity contribution < 1.29 is 4.79 Å². The summed E-state index contributed by atoms with van der Waals surface area (Å²) in [6.07, 6.45) is 3.12. The minimum absolute atomic E-state index is 0.0988. The standard InChI is InChI=1S/C9H8BrClN2O/c10-6-4-7(11)9(12-5-6)13-3-1-2-8(13)14/h4-5H,1-3H2. The zero-order chi connectivity index (χ0) is 10.1. The lowest BCUT2D eigenvalue weighted by Crippen LogP contribution is -2.24. The predicted molar refractivity (Wildman–Crippen MR) is 58.5 cm³/mol. The van der Waals surface area contributed by atoms with E-state index in [1.54, 1.807) is 17.2 Å². The average molecular weight is 276 g/mol. The van der Waals surface area contributed by atoms with Gasteiger partial charge in [-0.05, 0) is 28.4 Å². The van der Waals surface area contributed by atoms with E-state index in [4.69, 9.17) is 11.6 Å². The van der Waals surface area contributed by atoms with Crippen molar-refractivity contribution >= 4 is 39.3 Å². The number of rotatable bonds is 1. The Morgan fingerprint density at radius 3 is 2.93 bits per heavy atom. The molecule has 3 nitrogen and oxygen atoms in total. The van der Waals surface area contributed by atoms with Crippen LogP contribution < -0.4 is 4.90 Å². The molecule has 74 valence electrons. The average Bonchev–Trinajstić information content (AvgIpc) is 2.52. The molecule has 1 aliphatic heterocycles.